The van der Waals surface area contributed by atoms with Gasteiger partial charge in [-0.3, -0.25) is 0 Å². The number of esters is 1. The largest absolute Gasteiger partial charge is 0.497 e. The minimum atomic E-state index is -0.303. The van der Waals surface area contributed by atoms with E-state index in [1.807, 2.05) is 24.3 Å². The van der Waals surface area contributed by atoms with Gasteiger partial charge < -0.3 is 20.1 Å². The number of thiocarbonyl (C=S) groups is 1. The molecule has 0 radical (unpaired) electrons. The Labute approximate surface area is 169 Å². The maximum absolute atomic E-state index is 12.4. The monoisotopic (exact) mass is 404 g/mol. The first kappa shape index (κ1) is 19.6. The second-order valence-corrected chi connectivity index (χ2v) is 7.93. The van der Waals surface area contributed by atoms with Crippen LogP contribution in [0, 0.1) is 0 Å². The van der Waals surface area contributed by atoms with Crippen LogP contribution in [0.5, 0.6) is 5.75 Å². The number of anilines is 2. The molecule has 1 aliphatic rings. The SMILES string of the molecule is COC(=O)c1c(NC(=S)Nc2ccc(OC)cc2)sc2c1CCCCCC2. The van der Waals surface area contributed by atoms with Crippen molar-refractivity contribution in [1.82, 2.24) is 0 Å². The van der Waals surface area contributed by atoms with E-state index in [1.165, 1.54) is 24.8 Å². The van der Waals surface area contributed by atoms with Crippen LogP contribution in [0.25, 0.3) is 0 Å². The summed E-state index contributed by atoms with van der Waals surface area (Å²) in [6.07, 6.45) is 6.62. The van der Waals surface area contributed by atoms with Crippen LogP contribution in [0.15, 0.2) is 24.3 Å². The molecule has 0 saturated carbocycles. The lowest BCUT2D eigenvalue weighted by Crippen LogP contribution is -2.20. The van der Waals surface area contributed by atoms with E-state index in [1.54, 1.807) is 18.4 Å². The number of hydrogen-bond acceptors (Lipinski definition) is 5. The molecule has 0 saturated heterocycles. The van der Waals surface area contributed by atoms with Gasteiger partial charge in [0.25, 0.3) is 0 Å². The highest BCUT2D eigenvalue weighted by Crippen LogP contribution is 2.37. The van der Waals surface area contributed by atoms with Crippen molar-refractivity contribution in [2.24, 2.45) is 0 Å². The Morgan fingerprint density at radius 3 is 2.41 bits per heavy atom. The summed E-state index contributed by atoms with van der Waals surface area (Å²) in [7, 11) is 3.05. The zero-order chi connectivity index (χ0) is 19.2. The minimum Gasteiger partial charge on any atom is -0.497 e. The van der Waals surface area contributed by atoms with Gasteiger partial charge in [-0.1, -0.05) is 12.8 Å². The third-order valence-corrected chi connectivity index (χ3v) is 6.05. The molecule has 0 aliphatic heterocycles. The number of rotatable bonds is 4. The summed E-state index contributed by atoms with van der Waals surface area (Å²) in [4.78, 5) is 13.7. The zero-order valence-corrected chi connectivity index (χ0v) is 17.2. The molecule has 1 aliphatic carbocycles. The van der Waals surface area contributed by atoms with E-state index in [2.05, 4.69) is 10.6 Å². The van der Waals surface area contributed by atoms with Crippen LogP contribution in [-0.2, 0) is 17.6 Å². The fraction of sp³-hybridized carbons (Fsp3) is 0.400. The molecule has 7 heteroatoms. The molecule has 2 aromatic rings. The van der Waals surface area contributed by atoms with Gasteiger partial charge >= 0.3 is 5.97 Å². The normalized spacial score (nSPS) is 13.7. The minimum absolute atomic E-state index is 0.303. The van der Waals surface area contributed by atoms with Crippen molar-refractivity contribution >= 4 is 45.3 Å². The third-order valence-electron chi connectivity index (χ3n) is 4.64. The standard InChI is InChI=1S/C20H24N2O3S2/c1-24-14-11-9-13(10-12-14)21-20(26)22-18-17(19(23)25-2)15-7-5-3-4-6-8-16(15)27-18/h9-12H,3-8H2,1-2H3,(H2,21,22,26). The molecule has 0 atom stereocenters. The Kier molecular flexibility index (Phi) is 6.68. The van der Waals surface area contributed by atoms with E-state index in [9.17, 15) is 4.79 Å². The maximum atomic E-state index is 12.4. The average molecular weight is 405 g/mol. The summed E-state index contributed by atoms with van der Waals surface area (Å²) in [6.45, 7) is 0. The Morgan fingerprint density at radius 1 is 1.04 bits per heavy atom. The zero-order valence-electron chi connectivity index (χ0n) is 15.6. The van der Waals surface area contributed by atoms with Crippen LogP contribution in [0.3, 0.4) is 0 Å². The van der Waals surface area contributed by atoms with Gasteiger partial charge in [-0.25, -0.2) is 4.79 Å². The number of thiophene rings is 1. The lowest BCUT2D eigenvalue weighted by atomic mass is 9.96. The van der Waals surface area contributed by atoms with Crippen LogP contribution >= 0.6 is 23.6 Å². The van der Waals surface area contributed by atoms with E-state index in [0.717, 1.165) is 47.7 Å². The second kappa shape index (κ2) is 9.19. The predicted octanol–water partition coefficient (Wildman–Crippen LogP) is 5.01. The third kappa shape index (κ3) is 4.78. The predicted molar refractivity (Wildman–Crippen MR) is 114 cm³/mol. The Balaban J connectivity index is 1.80. The number of carbonyl (C=O) groups is 1. The van der Waals surface area contributed by atoms with Gasteiger partial charge in [0, 0.05) is 10.6 Å². The molecule has 0 unspecified atom stereocenters. The molecule has 5 nitrogen and oxygen atoms in total. The highest BCUT2D eigenvalue weighted by molar-refractivity contribution is 7.80. The summed E-state index contributed by atoms with van der Waals surface area (Å²) in [5.41, 5.74) is 2.61. The number of ether oxygens (including phenoxy) is 2. The summed E-state index contributed by atoms with van der Waals surface area (Å²) < 4.78 is 10.2. The average Bonchev–Trinajstić information content (AvgIpc) is 2.97. The molecular formula is C20H24N2O3S2. The number of benzene rings is 1. The first-order chi connectivity index (χ1) is 13.1. The van der Waals surface area contributed by atoms with E-state index in [0.29, 0.717) is 10.7 Å². The molecule has 27 heavy (non-hydrogen) atoms. The highest BCUT2D eigenvalue weighted by atomic mass is 32.1. The Bertz CT molecular complexity index is 815. The second-order valence-electron chi connectivity index (χ2n) is 6.42. The molecule has 144 valence electrons. The molecule has 0 fully saturated rings. The van der Waals surface area contributed by atoms with E-state index >= 15 is 0 Å². The number of methoxy groups -OCH3 is 2. The number of hydrogen-bond donors (Lipinski definition) is 2. The smallest absolute Gasteiger partial charge is 0.341 e. The molecule has 0 amide bonds. The van der Waals surface area contributed by atoms with Gasteiger partial charge in [0.05, 0.1) is 19.8 Å². The summed E-state index contributed by atoms with van der Waals surface area (Å²) in [5, 5.41) is 7.57. The van der Waals surface area contributed by atoms with Crippen molar-refractivity contribution in [3.05, 3.63) is 40.3 Å². The van der Waals surface area contributed by atoms with Crippen LogP contribution in [0.4, 0.5) is 10.7 Å². The lowest BCUT2D eigenvalue weighted by molar-refractivity contribution is 0.0601. The summed E-state index contributed by atoms with van der Waals surface area (Å²) in [6, 6.07) is 7.51. The molecule has 2 N–H and O–H groups in total. The van der Waals surface area contributed by atoms with Crippen molar-refractivity contribution in [1.29, 1.82) is 0 Å². The lowest BCUT2D eigenvalue weighted by Gasteiger charge is -2.12. The first-order valence-electron chi connectivity index (χ1n) is 9.07. The topological polar surface area (TPSA) is 59.6 Å². The molecule has 0 bridgehead atoms. The van der Waals surface area contributed by atoms with Crippen molar-refractivity contribution in [3.8, 4) is 5.75 Å². The van der Waals surface area contributed by atoms with Gasteiger partial charge in [-0.05, 0) is 67.7 Å². The molecule has 1 heterocycles. The van der Waals surface area contributed by atoms with Crippen molar-refractivity contribution in [3.63, 3.8) is 0 Å². The quantitative estimate of drug-likeness (QED) is 0.552. The fourth-order valence-electron chi connectivity index (χ4n) is 3.27. The number of aryl methyl sites for hydroxylation is 1. The van der Waals surface area contributed by atoms with Crippen molar-refractivity contribution in [2.75, 3.05) is 24.9 Å². The van der Waals surface area contributed by atoms with Gasteiger partial charge in [0.2, 0.25) is 0 Å². The van der Waals surface area contributed by atoms with E-state index < -0.39 is 0 Å². The van der Waals surface area contributed by atoms with Crippen LogP contribution < -0.4 is 15.4 Å². The fourth-order valence-corrected chi connectivity index (χ4v) is 4.83. The van der Waals surface area contributed by atoms with E-state index in [4.69, 9.17) is 21.7 Å². The molecular weight excluding hydrogens is 380 g/mol. The van der Waals surface area contributed by atoms with Crippen LogP contribution in [0.2, 0.25) is 0 Å². The molecule has 0 spiro atoms. The first-order valence-corrected chi connectivity index (χ1v) is 10.3. The maximum Gasteiger partial charge on any atom is 0.341 e. The summed E-state index contributed by atoms with van der Waals surface area (Å²) in [5.74, 6) is 0.480. The highest BCUT2D eigenvalue weighted by Gasteiger charge is 2.25. The summed E-state index contributed by atoms with van der Waals surface area (Å²) >= 11 is 7.07. The van der Waals surface area contributed by atoms with Crippen molar-refractivity contribution < 1.29 is 14.3 Å². The van der Waals surface area contributed by atoms with Crippen LogP contribution in [0.1, 0.15) is 46.5 Å². The number of fused-ring (bicyclic) bond motifs is 1. The molecule has 1 aromatic heterocycles. The van der Waals surface area contributed by atoms with E-state index in [-0.39, 0.29) is 5.97 Å². The van der Waals surface area contributed by atoms with Crippen molar-refractivity contribution in [2.45, 2.75) is 38.5 Å². The Morgan fingerprint density at radius 2 is 1.74 bits per heavy atom. The Hall–Kier alpha value is -2.12. The van der Waals surface area contributed by atoms with Gasteiger partial charge in [-0.15, -0.1) is 11.3 Å². The molecule has 1 aromatic carbocycles. The van der Waals surface area contributed by atoms with Gasteiger partial charge in [-0.2, -0.15) is 0 Å². The number of nitrogens with one attached hydrogen (secondary N) is 2. The van der Waals surface area contributed by atoms with Gasteiger partial charge in [0.1, 0.15) is 10.8 Å². The van der Waals surface area contributed by atoms with Crippen LogP contribution in [-0.4, -0.2) is 25.3 Å². The van der Waals surface area contributed by atoms with Gasteiger partial charge in [0.15, 0.2) is 5.11 Å². The number of carbonyl (C=O) groups excluding carboxylic acids is 1. The molecule has 3 rings (SSSR count).